The van der Waals surface area contributed by atoms with E-state index in [1.165, 1.54) is 0 Å². The summed E-state index contributed by atoms with van der Waals surface area (Å²) in [4.78, 5) is 24.1. The van der Waals surface area contributed by atoms with Crippen LogP contribution < -0.4 is 10.6 Å². The lowest BCUT2D eigenvalue weighted by atomic mass is 10.1. The van der Waals surface area contributed by atoms with Crippen molar-refractivity contribution in [1.82, 2.24) is 5.32 Å². The van der Waals surface area contributed by atoms with Crippen molar-refractivity contribution >= 4 is 17.5 Å². The van der Waals surface area contributed by atoms with E-state index in [0.29, 0.717) is 6.54 Å². The van der Waals surface area contributed by atoms with Gasteiger partial charge in [-0.15, -0.1) is 0 Å². The molecule has 4 nitrogen and oxygen atoms in total. The molecule has 0 heterocycles. The number of carbonyl (C=O) groups is 2. The first-order valence-electron chi connectivity index (χ1n) is 7.74. The highest BCUT2D eigenvalue weighted by Crippen LogP contribution is 2.20. The number of nitrogens with one attached hydrogen (secondary N) is 2. The van der Waals surface area contributed by atoms with E-state index in [4.69, 9.17) is 0 Å². The summed E-state index contributed by atoms with van der Waals surface area (Å²) in [5.74, 6) is -1.27. The molecule has 23 heavy (non-hydrogen) atoms. The van der Waals surface area contributed by atoms with Gasteiger partial charge in [0.05, 0.1) is 0 Å². The van der Waals surface area contributed by atoms with Crippen molar-refractivity contribution in [3.05, 3.63) is 64.7 Å². The maximum atomic E-state index is 12.1. The van der Waals surface area contributed by atoms with E-state index in [1.54, 1.807) is 0 Å². The molecular formula is C19H22N2O2. The molecule has 0 bridgehead atoms. The predicted molar refractivity (Wildman–Crippen MR) is 92.2 cm³/mol. The van der Waals surface area contributed by atoms with Crippen LogP contribution >= 0.6 is 0 Å². The molecule has 0 aliphatic heterocycles. The van der Waals surface area contributed by atoms with Crippen molar-refractivity contribution in [3.63, 3.8) is 0 Å². The fraction of sp³-hybridized carbons (Fsp3) is 0.263. The number of rotatable bonds is 4. The highest BCUT2D eigenvalue weighted by molar-refractivity contribution is 6.39. The molecule has 0 aromatic heterocycles. The lowest BCUT2D eigenvalue weighted by Gasteiger charge is -2.13. The zero-order valence-corrected chi connectivity index (χ0v) is 13.8. The van der Waals surface area contributed by atoms with Gasteiger partial charge in [-0.25, -0.2) is 0 Å². The summed E-state index contributed by atoms with van der Waals surface area (Å²) < 4.78 is 0. The van der Waals surface area contributed by atoms with Crippen LogP contribution in [-0.4, -0.2) is 11.8 Å². The van der Waals surface area contributed by atoms with Gasteiger partial charge in [0.25, 0.3) is 0 Å². The molecular weight excluding hydrogens is 288 g/mol. The van der Waals surface area contributed by atoms with Gasteiger partial charge in [-0.3, -0.25) is 9.59 Å². The van der Waals surface area contributed by atoms with Crippen LogP contribution in [0.5, 0.6) is 0 Å². The Morgan fingerprint density at radius 1 is 1.00 bits per heavy atom. The summed E-state index contributed by atoms with van der Waals surface area (Å²) in [6.45, 7) is 6.26. The predicted octanol–water partition coefficient (Wildman–Crippen LogP) is 3.12. The van der Waals surface area contributed by atoms with Crippen molar-refractivity contribution in [3.8, 4) is 0 Å². The SMILES string of the molecule is CCc1cccc(C)c1NC(=O)C(=O)NCc1cccc(C)c1. The van der Waals surface area contributed by atoms with E-state index in [2.05, 4.69) is 10.6 Å². The Morgan fingerprint density at radius 3 is 2.43 bits per heavy atom. The van der Waals surface area contributed by atoms with Crippen LogP contribution in [0.4, 0.5) is 5.69 Å². The topological polar surface area (TPSA) is 58.2 Å². The van der Waals surface area contributed by atoms with Crippen molar-refractivity contribution in [2.24, 2.45) is 0 Å². The van der Waals surface area contributed by atoms with Gasteiger partial charge in [-0.1, -0.05) is 55.0 Å². The molecule has 4 heteroatoms. The number of hydrogen-bond acceptors (Lipinski definition) is 2. The second-order valence-corrected chi connectivity index (χ2v) is 5.59. The second kappa shape index (κ2) is 7.58. The molecule has 0 radical (unpaired) electrons. The molecule has 2 N–H and O–H groups in total. The Balaban J connectivity index is 1.99. The Morgan fingerprint density at radius 2 is 1.74 bits per heavy atom. The molecule has 2 aromatic rings. The Bertz CT molecular complexity index is 723. The van der Waals surface area contributed by atoms with E-state index in [0.717, 1.165) is 34.4 Å². The third-order valence-electron chi connectivity index (χ3n) is 3.72. The van der Waals surface area contributed by atoms with Gasteiger partial charge in [-0.2, -0.15) is 0 Å². The smallest absolute Gasteiger partial charge is 0.313 e. The largest absolute Gasteiger partial charge is 0.344 e. The first-order valence-corrected chi connectivity index (χ1v) is 7.74. The number of anilines is 1. The number of amides is 2. The molecule has 0 fully saturated rings. The van der Waals surface area contributed by atoms with E-state index >= 15 is 0 Å². The maximum Gasteiger partial charge on any atom is 0.313 e. The number of benzene rings is 2. The fourth-order valence-corrected chi connectivity index (χ4v) is 2.46. The number of hydrogen-bond donors (Lipinski definition) is 2. The van der Waals surface area contributed by atoms with Gasteiger partial charge < -0.3 is 10.6 Å². The monoisotopic (exact) mass is 310 g/mol. The zero-order valence-electron chi connectivity index (χ0n) is 13.8. The molecule has 0 saturated carbocycles. The molecule has 0 atom stereocenters. The summed E-state index contributed by atoms with van der Waals surface area (Å²) in [5.41, 5.74) is 4.78. The fourth-order valence-electron chi connectivity index (χ4n) is 2.46. The normalized spacial score (nSPS) is 10.2. The van der Waals surface area contributed by atoms with Crippen LogP contribution in [0.2, 0.25) is 0 Å². The molecule has 2 rings (SSSR count). The number of para-hydroxylation sites is 1. The van der Waals surface area contributed by atoms with Crippen LogP contribution in [0.15, 0.2) is 42.5 Å². The molecule has 0 aliphatic carbocycles. The van der Waals surface area contributed by atoms with Crippen LogP contribution in [0.1, 0.15) is 29.2 Å². The molecule has 0 unspecified atom stereocenters. The van der Waals surface area contributed by atoms with Gasteiger partial charge in [0.15, 0.2) is 0 Å². The lowest BCUT2D eigenvalue weighted by molar-refractivity contribution is -0.136. The molecule has 2 aromatic carbocycles. The van der Waals surface area contributed by atoms with Gasteiger partial charge in [-0.05, 0) is 37.0 Å². The Hall–Kier alpha value is -2.62. The third kappa shape index (κ3) is 4.42. The van der Waals surface area contributed by atoms with E-state index in [1.807, 2.05) is 63.2 Å². The summed E-state index contributed by atoms with van der Waals surface area (Å²) in [5, 5.41) is 5.38. The van der Waals surface area contributed by atoms with Crippen molar-refractivity contribution in [2.75, 3.05) is 5.32 Å². The first kappa shape index (κ1) is 16.7. The van der Waals surface area contributed by atoms with Crippen molar-refractivity contribution < 1.29 is 9.59 Å². The molecule has 0 saturated heterocycles. The minimum atomic E-state index is -0.637. The molecule has 0 spiro atoms. The molecule has 2 amide bonds. The standard InChI is InChI=1S/C19H22N2O2/c1-4-16-10-6-8-14(3)17(16)21-19(23)18(22)20-12-15-9-5-7-13(2)11-15/h5-11H,4,12H2,1-3H3,(H,20,22)(H,21,23). The van der Waals surface area contributed by atoms with Crippen molar-refractivity contribution in [1.29, 1.82) is 0 Å². The van der Waals surface area contributed by atoms with Gasteiger partial charge in [0.1, 0.15) is 0 Å². The second-order valence-electron chi connectivity index (χ2n) is 5.59. The van der Waals surface area contributed by atoms with Crippen LogP contribution in [0, 0.1) is 13.8 Å². The average Bonchev–Trinajstić information content (AvgIpc) is 2.54. The maximum absolute atomic E-state index is 12.1. The van der Waals surface area contributed by atoms with Gasteiger partial charge >= 0.3 is 11.8 Å². The Labute approximate surface area is 136 Å². The van der Waals surface area contributed by atoms with Crippen molar-refractivity contribution in [2.45, 2.75) is 33.7 Å². The van der Waals surface area contributed by atoms with Crippen LogP contribution in [0.25, 0.3) is 0 Å². The summed E-state index contributed by atoms with van der Waals surface area (Å²) in [7, 11) is 0. The summed E-state index contributed by atoms with van der Waals surface area (Å²) in [6, 6.07) is 13.6. The van der Waals surface area contributed by atoms with Crippen LogP contribution in [-0.2, 0) is 22.6 Å². The Kier molecular flexibility index (Phi) is 5.52. The lowest BCUT2D eigenvalue weighted by Crippen LogP contribution is -2.35. The first-order chi connectivity index (χ1) is 11.0. The third-order valence-corrected chi connectivity index (χ3v) is 3.72. The van der Waals surface area contributed by atoms with Crippen LogP contribution in [0.3, 0.4) is 0 Å². The highest BCUT2D eigenvalue weighted by Gasteiger charge is 2.16. The molecule has 120 valence electrons. The van der Waals surface area contributed by atoms with E-state index < -0.39 is 11.8 Å². The highest BCUT2D eigenvalue weighted by atomic mass is 16.2. The summed E-state index contributed by atoms with van der Waals surface area (Å²) >= 11 is 0. The average molecular weight is 310 g/mol. The van der Waals surface area contributed by atoms with Gasteiger partial charge in [0.2, 0.25) is 0 Å². The van der Waals surface area contributed by atoms with E-state index in [9.17, 15) is 9.59 Å². The minimum absolute atomic E-state index is 0.336. The zero-order chi connectivity index (χ0) is 16.8. The molecule has 0 aliphatic rings. The van der Waals surface area contributed by atoms with Gasteiger partial charge in [0, 0.05) is 12.2 Å². The summed E-state index contributed by atoms with van der Waals surface area (Å²) in [6.07, 6.45) is 0.794. The number of aryl methyl sites for hydroxylation is 3. The quantitative estimate of drug-likeness (QED) is 0.853. The minimum Gasteiger partial charge on any atom is -0.344 e. The van der Waals surface area contributed by atoms with E-state index in [-0.39, 0.29) is 0 Å². The number of carbonyl (C=O) groups excluding carboxylic acids is 2.